The molecule has 0 saturated heterocycles. The lowest BCUT2D eigenvalue weighted by Crippen LogP contribution is -2.33. The summed E-state index contributed by atoms with van der Waals surface area (Å²) in [6.45, 7) is 2.32. The van der Waals surface area contributed by atoms with Crippen molar-refractivity contribution in [3.63, 3.8) is 0 Å². The minimum Gasteiger partial charge on any atom is -0.493 e. The Morgan fingerprint density at radius 1 is 1.58 bits per heavy atom. The summed E-state index contributed by atoms with van der Waals surface area (Å²) in [6.07, 6.45) is 0.375. The Hall–Kier alpha value is -2.02. The predicted molar refractivity (Wildman–Crippen MR) is 69.6 cm³/mol. The number of rotatable bonds is 3. The molecule has 0 amide bonds. The number of hydrogen-bond donors (Lipinski definition) is 0. The van der Waals surface area contributed by atoms with Crippen molar-refractivity contribution in [3.05, 3.63) is 29.8 Å². The van der Waals surface area contributed by atoms with E-state index in [9.17, 15) is 4.79 Å². The van der Waals surface area contributed by atoms with Gasteiger partial charge >= 0.3 is 5.97 Å². The van der Waals surface area contributed by atoms with Crippen LogP contribution in [-0.2, 0) is 9.53 Å². The number of esters is 1. The highest BCUT2D eigenvalue weighted by Crippen LogP contribution is 2.43. The third-order valence-corrected chi connectivity index (χ3v) is 3.70. The molecule has 0 aromatic heterocycles. The molecule has 1 aromatic carbocycles. The number of ether oxygens (including phenoxy) is 2. The first kappa shape index (κ1) is 13.4. The monoisotopic (exact) mass is 259 g/mol. The van der Waals surface area contributed by atoms with E-state index in [4.69, 9.17) is 14.7 Å². The van der Waals surface area contributed by atoms with E-state index in [0.29, 0.717) is 13.0 Å². The second-order valence-electron chi connectivity index (χ2n) is 4.81. The van der Waals surface area contributed by atoms with Crippen molar-refractivity contribution in [2.45, 2.75) is 19.3 Å². The number of nitrogens with zero attached hydrogens (tertiary/aromatic N) is 1. The Morgan fingerprint density at radius 2 is 2.32 bits per heavy atom. The van der Waals surface area contributed by atoms with Gasteiger partial charge in [0.1, 0.15) is 5.75 Å². The van der Waals surface area contributed by atoms with Crippen molar-refractivity contribution >= 4 is 5.97 Å². The number of fused-ring (bicyclic) bond motifs is 1. The van der Waals surface area contributed by atoms with E-state index < -0.39 is 0 Å². The van der Waals surface area contributed by atoms with Gasteiger partial charge in [-0.3, -0.25) is 4.79 Å². The molecule has 19 heavy (non-hydrogen) atoms. The van der Waals surface area contributed by atoms with E-state index in [-0.39, 0.29) is 23.7 Å². The molecule has 0 N–H and O–H groups in total. The summed E-state index contributed by atoms with van der Waals surface area (Å²) in [6, 6.07) is 9.87. The first-order valence-corrected chi connectivity index (χ1v) is 6.35. The second kappa shape index (κ2) is 5.75. The van der Waals surface area contributed by atoms with Crippen LogP contribution < -0.4 is 4.74 Å². The zero-order valence-corrected chi connectivity index (χ0v) is 11.1. The Morgan fingerprint density at radius 3 is 3.00 bits per heavy atom. The summed E-state index contributed by atoms with van der Waals surface area (Å²) in [5.74, 6) is 0.265. The van der Waals surface area contributed by atoms with Crippen LogP contribution in [0, 0.1) is 23.2 Å². The highest BCUT2D eigenvalue weighted by Gasteiger charge is 2.37. The molecule has 1 aliphatic rings. The summed E-state index contributed by atoms with van der Waals surface area (Å²) in [4.78, 5) is 11.8. The lowest BCUT2D eigenvalue weighted by atomic mass is 9.75. The van der Waals surface area contributed by atoms with Gasteiger partial charge in [0.25, 0.3) is 0 Å². The maximum atomic E-state index is 11.8. The molecule has 4 heteroatoms. The molecule has 4 nitrogen and oxygen atoms in total. The molecular weight excluding hydrogens is 242 g/mol. The molecule has 1 aromatic rings. The van der Waals surface area contributed by atoms with Crippen LogP contribution in [0.25, 0.3) is 0 Å². The molecule has 3 atom stereocenters. The smallest absolute Gasteiger partial charge is 0.309 e. The molecule has 100 valence electrons. The van der Waals surface area contributed by atoms with Gasteiger partial charge in [-0.2, -0.15) is 5.26 Å². The van der Waals surface area contributed by atoms with Crippen LogP contribution in [0.1, 0.15) is 24.8 Å². The summed E-state index contributed by atoms with van der Waals surface area (Å²) in [7, 11) is 1.39. The van der Waals surface area contributed by atoms with Crippen LogP contribution in [0.3, 0.4) is 0 Å². The van der Waals surface area contributed by atoms with E-state index in [1.54, 1.807) is 0 Å². The maximum absolute atomic E-state index is 11.8. The van der Waals surface area contributed by atoms with Crippen molar-refractivity contribution in [2.75, 3.05) is 13.7 Å². The fraction of sp³-hybridized carbons (Fsp3) is 0.467. The molecule has 0 spiro atoms. The molecule has 3 unspecified atom stereocenters. The summed E-state index contributed by atoms with van der Waals surface area (Å²) in [5, 5.41) is 8.94. The molecule has 0 aliphatic carbocycles. The largest absolute Gasteiger partial charge is 0.493 e. The summed E-state index contributed by atoms with van der Waals surface area (Å²) >= 11 is 0. The van der Waals surface area contributed by atoms with Gasteiger partial charge in [0.15, 0.2) is 0 Å². The molecule has 1 aliphatic heterocycles. The SMILES string of the molecule is COC(=O)C(C)C1c2ccccc2OCC1CC#N. The zero-order chi connectivity index (χ0) is 13.8. The Balaban J connectivity index is 2.38. The number of para-hydroxylation sites is 1. The van der Waals surface area contributed by atoms with Crippen molar-refractivity contribution < 1.29 is 14.3 Å². The lowest BCUT2D eigenvalue weighted by Gasteiger charge is -2.35. The van der Waals surface area contributed by atoms with Crippen LogP contribution >= 0.6 is 0 Å². The Bertz CT molecular complexity index is 506. The Labute approximate surface area is 112 Å². The van der Waals surface area contributed by atoms with Gasteiger partial charge in [0.05, 0.1) is 25.7 Å². The second-order valence-corrected chi connectivity index (χ2v) is 4.81. The van der Waals surface area contributed by atoms with Crippen LogP contribution in [0.2, 0.25) is 0 Å². The standard InChI is InChI=1S/C15H17NO3/c1-10(15(17)18-2)14-11(7-8-16)9-19-13-6-4-3-5-12(13)14/h3-6,10-11,14H,7,9H2,1-2H3. The average molecular weight is 259 g/mol. The van der Waals surface area contributed by atoms with Gasteiger partial charge in [-0.1, -0.05) is 25.1 Å². The molecule has 0 saturated carbocycles. The topological polar surface area (TPSA) is 59.3 Å². The molecule has 0 radical (unpaired) electrons. The van der Waals surface area contributed by atoms with Gasteiger partial charge in [-0.25, -0.2) is 0 Å². The number of carbonyl (C=O) groups is 1. The minimum absolute atomic E-state index is 0.0222. The third-order valence-electron chi connectivity index (χ3n) is 3.70. The molecule has 0 fully saturated rings. The van der Waals surface area contributed by atoms with E-state index in [2.05, 4.69) is 6.07 Å². The molecule has 0 bridgehead atoms. The normalized spacial score (nSPS) is 22.6. The predicted octanol–water partition coefficient (Wildman–Crippen LogP) is 2.50. The van der Waals surface area contributed by atoms with Crippen molar-refractivity contribution in [1.29, 1.82) is 5.26 Å². The van der Waals surface area contributed by atoms with Gasteiger partial charge in [0, 0.05) is 18.3 Å². The van der Waals surface area contributed by atoms with Crippen molar-refractivity contribution in [3.8, 4) is 11.8 Å². The van der Waals surface area contributed by atoms with Gasteiger partial charge < -0.3 is 9.47 Å². The van der Waals surface area contributed by atoms with E-state index in [1.165, 1.54) is 7.11 Å². The zero-order valence-electron chi connectivity index (χ0n) is 11.1. The first-order valence-electron chi connectivity index (χ1n) is 6.35. The molecular formula is C15H17NO3. The number of benzene rings is 1. The number of hydrogen-bond acceptors (Lipinski definition) is 4. The molecule has 1 heterocycles. The minimum atomic E-state index is -0.284. The molecule has 2 rings (SSSR count). The Kier molecular flexibility index (Phi) is 4.06. The van der Waals surface area contributed by atoms with Gasteiger partial charge in [-0.15, -0.1) is 0 Å². The van der Waals surface area contributed by atoms with Crippen LogP contribution in [-0.4, -0.2) is 19.7 Å². The number of nitriles is 1. The van der Waals surface area contributed by atoms with Crippen LogP contribution in [0.4, 0.5) is 0 Å². The first-order chi connectivity index (χ1) is 9.19. The van der Waals surface area contributed by atoms with E-state index in [0.717, 1.165) is 11.3 Å². The van der Waals surface area contributed by atoms with Crippen molar-refractivity contribution in [1.82, 2.24) is 0 Å². The van der Waals surface area contributed by atoms with Gasteiger partial charge in [-0.05, 0) is 11.6 Å². The number of methoxy groups -OCH3 is 1. The summed E-state index contributed by atoms with van der Waals surface area (Å²) in [5.41, 5.74) is 0.993. The highest BCUT2D eigenvalue weighted by atomic mass is 16.5. The van der Waals surface area contributed by atoms with Crippen LogP contribution in [0.15, 0.2) is 24.3 Å². The fourth-order valence-corrected chi connectivity index (χ4v) is 2.76. The van der Waals surface area contributed by atoms with Crippen molar-refractivity contribution in [2.24, 2.45) is 11.8 Å². The van der Waals surface area contributed by atoms with E-state index >= 15 is 0 Å². The average Bonchev–Trinajstić information content (AvgIpc) is 2.45. The summed E-state index contributed by atoms with van der Waals surface area (Å²) < 4.78 is 10.5. The van der Waals surface area contributed by atoms with E-state index in [1.807, 2.05) is 31.2 Å². The maximum Gasteiger partial charge on any atom is 0.309 e. The number of carbonyl (C=O) groups excluding carboxylic acids is 1. The highest BCUT2D eigenvalue weighted by molar-refractivity contribution is 5.73. The fourth-order valence-electron chi connectivity index (χ4n) is 2.76. The van der Waals surface area contributed by atoms with Gasteiger partial charge in [0.2, 0.25) is 0 Å². The lowest BCUT2D eigenvalue weighted by molar-refractivity contribution is -0.146. The quantitative estimate of drug-likeness (QED) is 0.782. The van der Waals surface area contributed by atoms with Crippen LogP contribution in [0.5, 0.6) is 5.75 Å². The third kappa shape index (κ3) is 2.55.